The van der Waals surface area contributed by atoms with Crippen LogP contribution in [-0.2, 0) is 4.74 Å². The molecule has 1 rings (SSSR count). The largest absolute Gasteiger partial charge is 0.389 e. The smallest absolute Gasteiger partial charge is 0.102 e. The molecule has 0 aromatic carbocycles. The van der Waals surface area contributed by atoms with Crippen LogP contribution >= 0.6 is 0 Å². The molecular weight excluding hydrogens is 188 g/mol. The summed E-state index contributed by atoms with van der Waals surface area (Å²) in [6.07, 6.45) is -3.79. The molecule has 0 amide bonds. The van der Waals surface area contributed by atoms with Crippen molar-refractivity contribution in [1.29, 1.82) is 0 Å². The summed E-state index contributed by atoms with van der Waals surface area (Å²) in [5, 5.41) is 31.6. The van der Waals surface area contributed by atoms with Crippen LogP contribution in [0, 0.1) is 0 Å². The van der Waals surface area contributed by atoms with Gasteiger partial charge >= 0.3 is 0 Å². The van der Waals surface area contributed by atoms with E-state index in [1.165, 1.54) is 7.11 Å². The van der Waals surface area contributed by atoms with Crippen LogP contribution in [0.25, 0.3) is 0 Å². The van der Waals surface area contributed by atoms with Gasteiger partial charge in [-0.2, -0.15) is 0 Å². The van der Waals surface area contributed by atoms with Crippen molar-refractivity contribution < 1.29 is 20.1 Å². The highest BCUT2D eigenvalue weighted by molar-refractivity contribution is 5.04. The molecule has 0 unspecified atom stereocenters. The highest BCUT2D eigenvalue weighted by Crippen LogP contribution is 2.21. The Morgan fingerprint density at radius 1 is 1.14 bits per heavy atom. The first-order valence-corrected chi connectivity index (χ1v) is 4.54. The number of hydrogen-bond acceptors (Lipinski definition) is 6. The standard InChI is InChI=1S/C8H18N2O4/c1-10-4-7(13)5(11)3(9)6(12)8(4)14-2/h3-8,10-13H,9H2,1-2H3/t3-,4+,5-,6+,7-,8-/m1/s1. The Morgan fingerprint density at radius 2 is 1.71 bits per heavy atom. The van der Waals surface area contributed by atoms with E-state index >= 15 is 0 Å². The second-order valence-corrected chi connectivity index (χ2v) is 3.56. The average molecular weight is 206 g/mol. The molecule has 1 aliphatic carbocycles. The fourth-order valence-corrected chi connectivity index (χ4v) is 1.89. The van der Waals surface area contributed by atoms with Crippen molar-refractivity contribution in [2.75, 3.05) is 14.2 Å². The molecule has 1 saturated carbocycles. The molecule has 14 heavy (non-hydrogen) atoms. The Kier molecular flexibility index (Phi) is 3.82. The first-order valence-electron chi connectivity index (χ1n) is 4.54. The minimum absolute atomic E-state index is 0.523. The minimum Gasteiger partial charge on any atom is -0.389 e. The topological polar surface area (TPSA) is 108 Å². The Labute approximate surface area is 82.7 Å². The summed E-state index contributed by atoms with van der Waals surface area (Å²) < 4.78 is 5.03. The van der Waals surface area contributed by atoms with Crippen LogP contribution in [-0.4, -0.2) is 66.0 Å². The number of aliphatic hydroxyl groups excluding tert-OH is 3. The lowest BCUT2D eigenvalue weighted by Gasteiger charge is -2.43. The first-order chi connectivity index (χ1) is 6.54. The number of nitrogens with two attached hydrogens (primary N) is 1. The van der Waals surface area contributed by atoms with Gasteiger partial charge in [0, 0.05) is 7.11 Å². The van der Waals surface area contributed by atoms with Crippen molar-refractivity contribution in [2.24, 2.45) is 5.73 Å². The van der Waals surface area contributed by atoms with Crippen molar-refractivity contribution in [3.63, 3.8) is 0 Å². The minimum atomic E-state index is -1.14. The average Bonchev–Trinajstić information content (AvgIpc) is 2.20. The normalized spacial score (nSPS) is 49.3. The lowest BCUT2D eigenvalue weighted by atomic mass is 9.82. The van der Waals surface area contributed by atoms with E-state index < -0.39 is 36.5 Å². The molecule has 6 nitrogen and oxygen atoms in total. The molecule has 1 aliphatic rings. The Balaban J connectivity index is 2.84. The molecule has 84 valence electrons. The molecule has 0 aromatic heterocycles. The summed E-state index contributed by atoms with van der Waals surface area (Å²) >= 11 is 0. The molecule has 6 atom stereocenters. The summed E-state index contributed by atoms with van der Waals surface area (Å²) in [6.45, 7) is 0. The van der Waals surface area contributed by atoms with E-state index in [-0.39, 0.29) is 0 Å². The van der Waals surface area contributed by atoms with Gasteiger partial charge in [0.15, 0.2) is 0 Å². The zero-order chi connectivity index (χ0) is 10.9. The van der Waals surface area contributed by atoms with Gasteiger partial charge in [-0.15, -0.1) is 0 Å². The fourth-order valence-electron chi connectivity index (χ4n) is 1.89. The fraction of sp³-hybridized carbons (Fsp3) is 1.00. The summed E-state index contributed by atoms with van der Waals surface area (Å²) in [5.74, 6) is 0. The van der Waals surface area contributed by atoms with Crippen molar-refractivity contribution in [3.05, 3.63) is 0 Å². The van der Waals surface area contributed by atoms with Gasteiger partial charge in [-0.3, -0.25) is 0 Å². The van der Waals surface area contributed by atoms with E-state index in [0.717, 1.165) is 0 Å². The molecule has 0 saturated heterocycles. The van der Waals surface area contributed by atoms with Crippen molar-refractivity contribution in [3.8, 4) is 0 Å². The third-order valence-corrected chi connectivity index (χ3v) is 2.80. The monoisotopic (exact) mass is 206 g/mol. The predicted molar refractivity (Wildman–Crippen MR) is 49.6 cm³/mol. The van der Waals surface area contributed by atoms with E-state index in [1.54, 1.807) is 7.05 Å². The summed E-state index contributed by atoms with van der Waals surface area (Å²) in [5.41, 5.74) is 5.53. The number of nitrogens with one attached hydrogen (secondary N) is 1. The molecule has 0 radical (unpaired) electrons. The Morgan fingerprint density at radius 3 is 2.14 bits per heavy atom. The predicted octanol–water partition coefficient (Wildman–Crippen LogP) is -2.99. The first kappa shape index (κ1) is 11.8. The summed E-state index contributed by atoms with van der Waals surface area (Å²) in [7, 11) is 3.05. The van der Waals surface area contributed by atoms with Gasteiger partial charge in [-0.05, 0) is 7.05 Å². The number of methoxy groups -OCH3 is 1. The van der Waals surface area contributed by atoms with Gasteiger partial charge in [0.2, 0.25) is 0 Å². The second kappa shape index (κ2) is 4.52. The molecule has 0 spiro atoms. The van der Waals surface area contributed by atoms with Gasteiger partial charge in [-0.1, -0.05) is 0 Å². The van der Waals surface area contributed by atoms with E-state index in [4.69, 9.17) is 10.5 Å². The molecule has 1 fully saturated rings. The molecule has 6 N–H and O–H groups in total. The van der Waals surface area contributed by atoms with Gasteiger partial charge in [0.1, 0.15) is 6.10 Å². The van der Waals surface area contributed by atoms with Gasteiger partial charge in [0.25, 0.3) is 0 Å². The summed E-state index contributed by atoms with van der Waals surface area (Å²) in [4.78, 5) is 0. The molecular formula is C8H18N2O4. The molecule has 0 heterocycles. The van der Waals surface area contributed by atoms with Gasteiger partial charge in [-0.25, -0.2) is 0 Å². The van der Waals surface area contributed by atoms with Crippen LogP contribution in [0.2, 0.25) is 0 Å². The second-order valence-electron chi connectivity index (χ2n) is 3.56. The maximum absolute atomic E-state index is 9.67. The lowest BCUT2D eigenvalue weighted by Crippen LogP contribution is -2.69. The maximum Gasteiger partial charge on any atom is 0.102 e. The Bertz CT molecular complexity index is 172. The van der Waals surface area contributed by atoms with E-state index in [0.29, 0.717) is 0 Å². The van der Waals surface area contributed by atoms with Crippen LogP contribution in [0.5, 0.6) is 0 Å². The van der Waals surface area contributed by atoms with Crippen LogP contribution < -0.4 is 11.1 Å². The zero-order valence-corrected chi connectivity index (χ0v) is 8.29. The van der Waals surface area contributed by atoms with E-state index in [2.05, 4.69) is 5.32 Å². The maximum atomic E-state index is 9.67. The SMILES string of the molecule is CN[C@H]1[C@@H](O)[C@H](O)[C@@H](N)[C@H](O)[C@@H]1OC. The molecule has 0 aromatic rings. The number of likely N-dealkylation sites (N-methyl/N-ethyl adjacent to an activating group) is 1. The van der Waals surface area contributed by atoms with Crippen LogP contribution in [0.4, 0.5) is 0 Å². The molecule has 0 bridgehead atoms. The number of hydrogen-bond donors (Lipinski definition) is 5. The van der Waals surface area contributed by atoms with E-state index in [1.807, 2.05) is 0 Å². The van der Waals surface area contributed by atoms with Crippen LogP contribution in [0.3, 0.4) is 0 Å². The van der Waals surface area contributed by atoms with E-state index in [9.17, 15) is 15.3 Å². The highest BCUT2D eigenvalue weighted by Gasteiger charge is 2.47. The van der Waals surface area contributed by atoms with Crippen LogP contribution in [0.1, 0.15) is 0 Å². The molecule has 0 aliphatic heterocycles. The van der Waals surface area contributed by atoms with Crippen molar-refractivity contribution >= 4 is 0 Å². The van der Waals surface area contributed by atoms with Gasteiger partial charge in [0.05, 0.1) is 30.4 Å². The highest BCUT2D eigenvalue weighted by atomic mass is 16.5. The number of aliphatic hydroxyl groups is 3. The quantitative estimate of drug-likeness (QED) is 0.330. The molecule has 6 heteroatoms. The zero-order valence-electron chi connectivity index (χ0n) is 8.29. The number of ether oxygens (including phenoxy) is 1. The van der Waals surface area contributed by atoms with Crippen LogP contribution in [0.15, 0.2) is 0 Å². The third kappa shape index (κ3) is 1.77. The number of rotatable bonds is 2. The lowest BCUT2D eigenvalue weighted by molar-refractivity contribution is -0.148. The Hall–Kier alpha value is -0.240. The van der Waals surface area contributed by atoms with Crippen molar-refractivity contribution in [2.45, 2.75) is 36.5 Å². The van der Waals surface area contributed by atoms with Gasteiger partial charge < -0.3 is 31.1 Å². The van der Waals surface area contributed by atoms with Crippen molar-refractivity contribution in [1.82, 2.24) is 5.32 Å². The summed E-state index contributed by atoms with van der Waals surface area (Å²) in [6, 6.07) is -1.41. The third-order valence-electron chi connectivity index (χ3n) is 2.80.